The summed E-state index contributed by atoms with van der Waals surface area (Å²) < 4.78 is 43.6. The molecular weight excluding hydrogens is 423 g/mol. The van der Waals surface area contributed by atoms with Crippen molar-refractivity contribution in [1.29, 1.82) is 0 Å². The fourth-order valence-electron chi connectivity index (χ4n) is 3.60. The number of hydrogen-bond donors (Lipinski definition) is 1. The molecule has 0 unspecified atom stereocenters. The Kier molecular flexibility index (Phi) is 4.50. The van der Waals surface area contributed by atoms with Crippen molar-refractivity contribution in [3.05, 3.63) is 83.0 Å². The van der Waals surface area contributed by atoms with Gasteiger partial charge in [0.1, 0.15) is 5.69 Å². The average molecular weight is 439 g/mol. The van der Waals surface area contributed by atoms with E-state index in [-0.39, 0.29) is 11.4 Å². The summed E-state index contributed by atoms with van der Waals surface area (Å²) in [6.07, 6.45) is 2.49. The lowest BCUT2D eigenvalue weighted by molar-refractivity contribution is -0.0262. The molecule has 0 aliphatic carbocycles. The van der Waals surface area contributed by atoms with E-state index < -0.39 is 36.0 Å². The van der Waals surface area contributed by atoms with Gasteiger partial charge in [-0.25, -0.2) is 22.5 Å². The lowest BCUT2D eigenvalue weighted by atomic mass is 10.1. The van der Waals surface area contributed by atoms with Gasteiger partial charge < -0.3 is 10.0 Å². The van der Waals surface area contributed by atoms with Gasteiger partial charge >= 0.3 is 0 Å². The molecule has 1 aliphatic rings. The molecule has 0 spiro atoms. The zero-order valence-corrected chi connectivity index (χ0v) is 16.5. The maximum absolute atomic E-state index is 14.8. The Morgan fingerprint density at radius 3 is 2.44 bits per heavy atom. The van der Waals surface area contributed by atoms with E-state index in [1.807, 2.05) is 6.07 Å². The highest BCUT2D eigenvalue weighted by molar-refractivity contribution is 5.60. The van der Waals surface area contributed by atoms with Crippen LogP contribution in [0.3, 0.4) is 0 Å². The van der Waals surface area contributed by atoms with E-state index in [0.29, 0.717) is 17.1 Å². The monoisotopic (exact) mass is 439 g/mol. The van der Waals surface area contributed by atoms with Crippen molar-refractivity contribution in [1.82, 2.24) is 19.6 Å². The van der Waals surface area contributed by atoms with Crippen LogP contribution < -0.4 is 10.3 Å². The van der Waals surface area contributed by atoms with Crippen LogP contribution in [0.4, 0.5) is 18.9 Å². The zero-order chi connectivity index (χ0) is 22.5. The van der Waals surface area contributed by atoms with Crippen molar-refractivity contribution in [3.8, 4) is 28.5 Å². The van der Waals surface area contributed by atoms with Crippen molar-refractivity contribution in [2.45, 2.75) is 5.92 Å². The number of anilines is 1. The number of halogens is 3. The maximum Gasteiger partial charge on any atom is 0.282 e. The first-order valence-corrected chi connectivity index (χ1v) is 9.68. The van der Waals surface area contributed by atoms with Gasteiger partial charge in [-0.2, -0.15) is 10.2 Å². The third-order valence-electron chi connectivity index (χ3n) is 5.17. The van der Waals surface area contributed by atoms with Gasteiger partial charge in [-0.3, -0.25) is 4.79 Å². The van der Waals surface area contributed by atoms with E-state index in [9.17, 15) is 23.1 Å². The fraction of sp³-hybridized carbons (Fsp3) is 0.136. The Balaban J connectivity index is 1.56. The van der Waals surface area contributed by atoms with Gasteiger partial charge in [0.2, 0.25) is 0 Å². The van der Waals surface area contributed by atoms with Crippen LogP contribution in [0.5, 0.6) is 5.75 Å². The standard InChI is InChI=1S/C22H16F3N5O2/c23-16-10-15(28-12-22(24,25)13-28)6-7-17(16)29-11-19(31)21(32)20(27-29)18-8-9-26-30(18)14-4-2-1-3-5-14/h1-11,31H,12-13H2. The second-order valence-corrected chi connectivity index (χ2v) is 7.45. The number of benzene rings is 2. The molecule has 162 valence electrons. The molecule has 0 radical (unpaired) electrons. The van der Waals surface area contributed by atoms with E-state index in [1.165, 1.54) is 27.9 Å². The predicted octanol–water partition coefficient (Wildman–Crippen LogP) is 3.39. The first kappa shape index (κ1) is 19.9. The second-order valence-electron chi connectivity index (χ2n) is 7.45. The summed E-state index contributed by atoms with van der Waals surface area (Å²) >= 11 is 0. The molecule has 0 bridgehead atoms. The van der Waals surface area contributed by atoms with Crippen molar-refractivity contribution < 1.29 is 18.3 Å². The van der Waals surface area contributed by atoms with E-state index in [0.717, 1.165) is 16.9 Å². The highest BCUT2D eigenvalue weighted by atomic mass is 19.3. The van der Waals surface area contributed by atoms with Crippen LogP contribution in [-0.2, 0) is 0 Å². The number of rotatable bonds is 4. The molecule has 3 heterocycles. The van der Waals surface area contributed by atoms with Gasteiger partial charge in [-0.15, -0.1) is 0 Å². The third-order valence-corrected chi connectivity index (χ3v) is 5.17. The molecule has 5 rings (SSSR count). The number of alkyl halides is 2. The quantitative estimate of drug-likeness (QED) is 0.528. The molecule has 7 nitrogen and oxygen atoms in total. The SMILES string of the molecule is O=c1c(O)cn(-c2ccc(N3CC(F)(F)C3)cc2F)nc1-c1ccnn1-c1ccccc1. The summed E-state index contributed by atoms with van der Waals surface area (Å²) in [6.45, 7) is -0.951. The largest absolute Gasteiger partial charge is 0.503 e. The van der Waals surface area contributed by atoms with Gasteiger partial charge in [0.25, 0.3) is 11.4 Å². The van der Waals surface area contributed by atoms with Crippen LogP contribution in [0.15, 0.2) is 71.8 Å². The van der Waals surface area contributed by atoms with Gasteiger partial charge in [0, 0.05) is 5.69 Å². The first-order chi connectivity index (χ1) is 15.3. The topological polar surface area (TPSA) is 76.2 Å². The minimum Gasteiger partial charge on any atom is -0.503 e. The Morgan fingerprint density at radius 2 is 1.75 bits per heavy atom. The molecule has 0 amide bonds. The maximum atomic E-state index is 14.8. The van der Waals surface area contributed by atoms with E-state index >= 15 is 0 Å². The van der Waals surface area contributed by atoms with Gasteiger partial charge in [-0.05, 0) is 36.4 Å². The molecule has 1 saturated heterocycles. The van der Waals surface area contributed by atoms with Gasteiger partial charge in [0.15, 0.2) is 17.3 Å². The Bertz CT molecular complexity index is 1360. The number of nitrogens with zero attached hydrogens (tertiary/aromatic N) is 5. The zero-order valence-electron chi connectivity index (χ0n) is 16.5. The summed E-state index contributed by atoms with van der Waals surface area (Å²) in [6, 6.07) is 14.5. The average Bonchev–Trinajstić information content (AvgIpc) is 3.24. The van der Waals surface area contributed by atoms with Crippen LogP contribution in [0, 0.1) is 5.82 Å². The van der Waals surface area contributed by atoms with Crippen molar-refractivity contribution in [2.24, 2.45) is 0 Å². The number of aromatic hydroxyl groups is 1. The lowest BCUT2D eigenvalue weighted by Gasteiger charge is -2.40. The molecule has 4 aromatic rings. The van der Waals surface area contributed by atoms with Crippen molar-refractivity contribution in [2.75, 3.05) is 18.0 Å². The van der Waals surface area contributed by atoms with Crippen molar-refractivity contribution in [3.63, 3.8) is 0 Å². The lowest BCUT2D eigenvalue weighted by Crippen LogP contribution is -2.56. The van der Waals surface area contributed by atoms with Crippen LogP contribution in [0.25, 0.3) is 22.8 Å². The minimum atomic E-state index is -2.78. The summed E-state index contributed by atoms with van der Waals surface area (Å²) in [5.74, 6) is -4.14. The molecular formula is C22H16F3N5O2. The van der Waals surface area contributed by atoms with Crippen molar-refractivity contribution >= 4 is 5.69 Å². The number of hydrogen-bond acceptors (Lipinski definition) is 5. The number of para-hydroxylation sites is 1. The fourth-order valence-corrected chi connectivity index (χ4v) is 3.60. The third kappa shape index (κ3) is 3.39. The Morgan fingerprint density at radius 1 is 1.00 bits per heavy atom. The van der Waals surface area contributed by atoms with Crippen LogP contribution in [0.1, 0.15) is 0 Å². The number of aromatic nitrogens is 4. The Hall–Kier alpha value is -4.08. The molecule has 1 N–H and O–H groups in total. The first-order valence-electron chi connectivity index (χ1n) is 9.68. The van der Waals surface area contributed by atoms with Gasteiger partial charge in [0.05, 0.1) is 36.9 Å². The molecule has 2 aromatic heterocycles. The Labute approximate surface area is 179 Å². The van der Waals surface area contributed by atoms with Crippen LogP contribution >= 0.6 is 0 Å². The summed E-state index contributed by atoms with van der Waals surface area (Å²) in [4.78, 5) is 14.0. The second kappa shape index (κ2) is 7.26. The molecule has 10 heteroatoms. The predicted molar refractivity (Wildman–Crippen MR) is 111 cm³/mol. The smallest absolute Gasteiger partial charge is 0.282 e. The van der Waals surface area contributed by atoms with Gasteiger partial charge in [-0.1, -0.05) is 18.2 Å². The van der Waals surface area contributed by atoms with E-state index in [2.05, 4.69) is 10.2 Å². The highest BCUT2D eigenvalue weighted by Gasteiger charge is 2.44. The summed E-state index contributed by atoms with van der Waals surface area (Å²) in [5, 5.41) is 18.7. The summed E-state index contributed by atoms with van der Waals surface area (Å²) in [5.41, 5.74) is 0.375. The molecule has 32 heavy (non-hydrogen) atoms. The van der Waals surface area contributed by atoms with E-state index in [4.69, 9.17) is 0 Å². The molecule has 1 fully saturated rings. The molecule has 2 aromatic carbocycles. The molecule has 0 saturated carbocycles. The normalized spacial score (nSPS) is 14.9. The van der Waals surface area contributed by atoms with E-state index in [1.54, 1.807) is 30.3 Å². The molecule has 1 aliphatic heterocycles. The van der Waals surface area contributed by atoms with Crippen LogP contribution in [0.2, 0.25) is 0 Å². The minimum absolute atomic E-state index is 0.0524. The van der Waals surface area contributed by atoms with Crippen LogP contribution in [-0.4, -0.2) is 43.7 Å². The highest BCUT2D eigenvalue weighted by Crippen LogP contribution is 2.33. The molecule has 0 atom stereocenters. The summed E-state index contributed by atoms with van der Waals surface area (Å²) in [7, 11) is 0.